The van der Waals surface area contributed by atoms with E-state index in [0.29, 0.717) is 11.3 Å². The van der Waals surface area contributed by atoms with Crippen molar-refractivity contribution >= 4 is 11.9 Å². The van der Waals surface area contributed by atoms with Crippen LogP contribution in [0, 0.1) is 0 Å². The molecule has 0 unspecified atom stereocenters. The van der Waals surface area contributed by atoms with Crippen molar-refractivity contribution in [1.82, 2.24) is 0 Å². The maximum Gasteiger partial charge on any atom is 0.333 e. The molecule has 0 radical (unpaired) electrons. The van der Waals surface area contributed by atoms with E-state index in [1.54, 1.807) is 13.8 Å². The molecule has 0 aromatic rings. The van der Waals surface area contributed by atoms with Crippen LogP contribution in [0.5, 0.6) is 0 Å². The zero-order valence-corrected chi connectivity index (χ0v) is 14.3. The Morgan fingerprint density at radius 2 is 1.33 bits per heavy atom. The molecule has 0 aliphatic rings. The van der Waals surface area contributed by atoms with Gasteiger partial charge in [0.2, 0.25) is 0 Å². The van der Waals surface area contributed by atoms with Gasteiger partial charge in [0.15, 0.2) is 6.79 Å². The third-order valence-electron chi connectivity index (χ3n) is 2.31. The van der Waals surface area contributed by atoms with Crippen LogP contribution in [0.2, 0.25) is 0 Å². The molecule has 8 nitrogen and oxygen atoms in total. The molecule has 0 aliphatic carbocycles. The molecule has 0 heterocycles. The smallest absolute Gasteiger partial charge is 0.333 e. The van der Waals surface area contributed by atoms with E-state index in [9.17, 15) is 9.59 Å². The average Bonchev–Trinajstić information content (AvgIpc) is 2.52. The van der Waals surface area contributed by atoms with Gasteiger partial charge in [-0.25, -0.2) is 4.79 Å². The summed E-state index contributed by atoms with van der Waals surface area (Å²) in [6.45, 7) is 11.2. The summed E-state index contributed by atoms with van der Waals surface area (Å²) in [5.74, 6) is -0.299. The van der Waals surface area contributed by atoms with E-state index in [1.165, 1.54) is 0 Å². The third-order valence-corrected chi connectivity index (χ3v) is 2.31. The minimum Gasteiger partial charge on any atom is -0.473 e. The Kier molecular flexibility index (Phi) is 13.5. The maximum atomic E-state index is 11.3. The van der Waals surface area contributed by atoms with Crippen LogP contribution in [0.4, 0.5) is 0 Å². The third kappa shape index (κ3) is 15.0. The normalized spacial score (nSPS) is 10.1. The van der Waals surface area contributed by atoms with Crippen LogP contribution < -0.4 is 0 Å². The van der Waals surface area contributed by atoms with Gasteiger partial charge < -0.3 is 28.4 Å². The number of carbonyl (C=O) groups excluding carboxylic acids is 2. The lowest BCUT2D eigenvalue weighted by atomic mass is 10.4. The fraction of sp³-hybridized carbons (Fsp3) is 0.625. The van der Waals surface area contributed by atoms with Crippen LogP contribution >= 0.6 is 0 Å². The molecule has 0 aliphatic heterocycles. The van der Waals surface area contributed by atoms with Gasteiger partial charge in [-0.3, -0.25) is 4.79 Å². The summed E-state index contributed by atoms with van der Waals surface area (Å²) < 4.78 is 29.9. The summed E-state index contributed by atoms with van der Waals surface area (Å²) in [6, 6.07) is 0. The molecule has 0 saturated carbocycles. The van der Waals surface area contributed by atoms with Crippen molar-refractivity contribution in [1.29, 1.82) is 0 Å². The molecule has 0 aromatic carbocycles. The lowest BCUT2D eigenvalue weighted by Crippen LogP contribution is -2.15. The Morgan fingerprint density at radius 3 is 1.96 bits per heavy atom. The molecule has 0 fully saturated rings. The van der Waals surface area contributed by atoms with Gasteiger partial charge in [0.1, 0.15) is 20.0 Å². The molecule has 0 amide bonds. The van der Waals surface area contributed by atoms with Gasteiger partial charge in [-0.15, -0.1) is 0 Å². The van der Waals surface area contributed by atoms with E-state index in [-0.39, 0.29) is 53.0 Å². The summed E-state index contributed by atoms with van der Waals surface area (Å²) in [5.41, 5.74) is 0.332. The zero-order chi connectivity index (χ0) is 18.2. The minimum atomic E-state index is -0.461. The zero-order valence-electron chi connectivity index (χ0n) is 14.3. The lowest BCUT2D eigenvalue weighted by Gasteiger charge is -2.08. The van der Waals surface area contributed by atoms with E-state index in [1.807, 2.05) is 0 Å². The average molecular weight is 346 g/mol. The molecular formula is C16H26O8. The SMILES string of the molecule is C=C(C)OCOCCOC(=O)CCOCOCCOC(=O)C(=C)C. The summed E-state index contributed by atoms with van der Waals surface area (Å²) in [5, 5.41) is 0. The first kappa shape index (κ1) is 22.1. The Bertz CT molecular complexity index is 405. The highest BCUT2D eigenvalue weighted by Crippen LogP contribution is 1.93. The summed E-state index contributed by atoms with van der Waals surface area (Å²) in [7, 11) is 0. The van der Waals surface area contributed by atoms with Crippen LogP contribution in [0.25, 0.3) is 0 Å². The quantitative estimate of drug-likeness (QED) is 0.145. The van der Waals surface area contributed by atoms with Crippen molar-refractivity contribution in [3.8, 4) is 0 Å². The Morgan fingerprint density at radius 1 is 0.750 bits per heavy atom. The molecule has 0 rings (SSSR count). The molecule has 138 valence electrons. The molecule has 0 saturated heterocycles. The van der Waals surface area contributed by atoms with E-state index in [2.05, 4.69) is 13.2 Å². The van der Waals surface area contributed by atoms with Gasteiger partial charge in [-0.1, -0.05) is 13.2 Å². The van der Waals surface area contributed by atoms with Crippen molar-refractivity contribution < 1.29 is 38.0 Å². The minimum absolute atomic E-state index is 0.000738. The van der Waals surface area contributed by atoms with Gasteiger partial charge in [-0.05, 0) is 13.8 Å². The van der Waals surface area contributed by atoms with Crippen molar-refractivity contribution in [3.63, 3.8) is 0 Å². The van der Waals surface area contributed by atoms with Crippen LogP contribution in [0.1, 0.15) is 20.3 Å². The fourth-order valence-corrected chi connectivity index (χ4v) is 1.14. The van der Waals surface area contributed by atoms with E-state index < -0.39 is 11.9 Å². The predicted octanol–water partition coefficient (Wildman–Crippen LogP) is 1.55. The molecule has 24 heavy (non-hydrogen) atoms. The Hall–Kier alpha value is -1.90. The van der Waals surface area contributed by atoms with Gasteiger partial charge in [0.25, 0.3) is 0 Å². The van der Waals surface area contributed by atoms with E-state index in [0.717, 1.165) is 0 Å². The molecule has 0 bridgehead atoms. The molecule has 0 aromatic heterocycles. The van der Waals surface area contributed by atoms with Gasteiger partial charge >= 0.3 is 11.9 Å². The number of hydrogen-bond acceptors (Lipinski definition) is 8. The topological polar surface area (TPSA) is 89.5 Å². The van der Waals surface area contributed by atoms with Crippen molar-refractivity contribution in [2.24, 2.45) is 0 Å². The number of allylic oxidation sites excluding steroid dienone is 1. The second kappa shape index (κ2) is 14.7. The fourth-order valence-electron chi connectivity index (χ4n) is 1.14. The van der Waals surface area contributed by atoms with Crippen molar-refractivity contribution in [2.45, 2.75) is 20.3 Å². The standard InChI is InChI=1S/C16H26O8/c1-13(2)16(18)23-10-8-20-11-19-6-5-15(17)22-9-7-21-12-24-14(3)4/h1,3,5-12H2,2,4H3. The first-order valence-electron chi connectivity index (χ1n) is 7.43. The highest BCUT2D eigenvalue weighted by molar-refractivity contribution is 5.86. The summed E-state index contributed by atoms with van der Waals surface area (Å²) in [4.78, 5) is 22.4. The van der Waals surface area contributed by atoms with Crippen LogP contribution in [0.3, 0.4) is 0 Å². The van der Waals surface area contributed by atoms with Crippen LogP contribution in [0.15, 0.2) is 24.5 Å². The number of hydrogen-bond donors (Lipinski definition) is 0. The van der Waals surface area contributed by atoms with E-state index in [4.69, 9.17) is 28.4 Å². The molecular weight excluding hydrogens is 320 g/mol. The highest BCUT2D eigenvalue weighted by Gasteiger charge is 2.04. The largest absolute Gasteiger partial charge is 0.473 e. The number of carbonyl (C=O) groups is 2. The summed E-state index contributed by atoms with van der Waals surface area (Å²) in [6.07, 6.45) is 0.107. The number of esters is 2. The van der Waals surface area contributed by atoms with E-state index >= 15 is 0 Å². The first-order valence-corrected chi connectivity index (χ1v) is 7.43. The van der Waals surface area contributed by atoms with Gasteiger partial charge in [-0.2, -0.15) is 0 Å². The molecule has 8 heteroatoms. The number of ether oxygens (including phenoxy) is 6. The second-order valence-electron chi connectivity index (χ2n) is 4.69. The highest BCUT2D eigenvalue weighted by atomic mass is 16.7. The predicted molar refractivity (Wildman–Crippen MR) is 84.8 cm³/mol. The Labute approximate surface area is 142 Å². The first-order chi connectivity index (χ1) is 11.4. The number of rotatable bonds is 15. The van der Waals surface area contributed by atoms with Crippen molar-refractivity contribution in [3.05, 3.63) is 24.5 Å². The van der Waals surface area contributed by atoms with Crippen LogP contribution in [-0.4, -0.2) is 58.6 Å². The molecule has 0 atom stereocenters. The maximum absolute atomic E-state index is 11.3. The molecule has 0 spiro atoms. The second-order valence-corrected chi connectivity index (χ2v) is 4.69. The monoisotopic (exact) mass is 346 g/mol. The summed E-state index contributed by atoms with van der Waals surface area (Å²) >= 11 is 0. The lowest BCUT2D eigenvalue weighted by molar-refractivity contribution is -0.150. The molecule has 0 N–H and O–H groups in total. The van der Waals surface area contributed by atoms with Gasteiger partial charge in [0, 0.05) is 5.57 Å². The van der Waals surface area contributed by atoms with Gasteiger partial charge in [0.05, 0.1) is 32.0 Å². The Balaban J connectivity index is 3.30. The van der Waals surface area contributed by atoms with Crippen molar-refractivity contribution in [2.75, 3.05) is 46.6 Å². The van der Waals surface area contributed by atoms with Crippen LogP contribution in [-0.2, 0) is 38.0 Å².